The molecule has 1 aromatic rings. The number of carbonyl (C=O) groups is 1. The Labute approximate surface area is 135 Å². The van der Waals surface area contributed by atoms with E-state index < -0.39 is 0 Å². The first-order valence-electron chi connectivity index (χ1n) is 8.59. The fourth-order valence-electron chi connectivity index (χ4n) is 4.95. The first-order valence-corrected chi connectivity index (χ1v) is 8.59. The lowest BCUT2D eigenvalue weighted by Gasteiger charge is -2.51. The number of halogens is 1. The summed E-state index contributed by atoms with van der Waals surface area (Å²) in [6.07, 6.45) is 2.51. The maximum absolute atomic E-state index is 13.3. The summed E-state index contributed by atoms with van der Waals surface area (Å²) in [4.78, 5) is 17.0. The Balaban J connectivity index is 1.67. The van der Waals surface area contributed by atoms with Crippen LogP contribution in [0.15, 0.2) is 24.3 Å². The van der Waals surface area contributed by atoms with Crippen LogP contribution < -0.4 is 0 Å². The molecular weight excluding hydrogens is 295 g/mol. The van der Waals surface area contributed by atoms with Gasteiger partial charge in [0, 0.05) is 24.9 Å². The van der Waals surface area contributed by atoms with Crippen LogP contribution >= 0.6 is 0 Å². The van der Waals surface area contributed by atoms with Gasteiger partial charge in [0.15, 0.2) is 0 Å². The van der Waals surface area contributed by atoms with E-state index in [-0.39, 0.29) is 36.7 Å². The molecule has 1 aromatic carbocycles. The van der Waals surface area contributed by atoms with Crippen molar-refractivity contribution < 1.29 is 14.3 Å². The van der Waals surface area contributed by atoms with Crippen molar-refractivity contribution in [2.75, 3.05) is 26.2 Å². The normalized spacial score (nSPS) is 35.4. The number of fused-ring (bicyclic) bond motifs is 2. The van der Waals surface area contributed by atoms with E-state index in [4.69, 9.17) is 5.11 Å². The van der Waals surface area contributed by atoms with Crippen molar-refractivity contribution in [2.24, 2.45) is 5.92 Å². The molecule has 0 radical (unpaired) electrons. The zero-order chi connectivity index (χ0) is 16.0. The highest BCUT2D eigenvalue weighted by atomic mass is 19.1. The highest BCUT2D eigenvalue weighted by molar-refractivity contribution is 5.77. The molecule has 4 aliphatic heterocycles. The number of aliphatic hydroxyl groups is 1. The van der Waals surface area contributed by atoms with E-state index in [0.29, 0.717) is 18.5 Å². The van der Waals surface area contributed by atoms with E-state index in [2.05, 4.69) is 4.90 Å². The maximum atomic E-state index is 13.3. The van der Waals surface area contributed by atoms with Gasteiger partial charge in [0.1, 0.15) is 5.82 Å². The highest BCUT2D eigenvalue weighted by Crippen LogP contribution is 2.46. The third-order valence-electron chi connectivity index (χ3n) is 5.94. The molecule has 2 bridgehead atoms. The summed E-state index contributed by atoms with van der Waals surface area (Å²) in [5.74, 6) is 0.646. The molecule has 0 spiro atoms. The second-order valence-electron chi connectivity index (χ2n) is 7.03. The SMILES string of the molecule is O=C(CCO)N1C[C@H](c2ccc(F)cc2)[C@H]2[C@@H]1C1CCN2CC1. The van der Waals surface area contributed by atoms with Gasteiger partial charge in [0.05, 0.1) is 12.6 Å². The zero-order valence-electron chi connectivity index (χ0n) is 13.2. The third-order valence-corrected chi connectivity index (χ3v) is 5.94. The van der Waals surface area contributed by atoms with Crippen LogP contribution in [0.25, 0.3) is 0 Å². The van der Waals surface area contributed by atoms with E-state index in [0.717, 1.165) is 31.5 Å². The van der Waals surface area contributed by atoms with Crippen molar-refractivity contribution >= 4 is 5.91 Å². The van der Waals surface area contributed by atoms with Gasteiger partial charge < -0.3 is 10.0 Å². The minimum atomic E-state index is -0.220. The standard InChI is InChI=1S/C18H23FN2O2/c19-14-3-1-12(2-4-14)15-11-21(16(23)7-10-22)17-13-5-8-20(9-6-13)18(15)17/h1-4,13,15,17-18,22H,5-11H2/t15-,17+,18+/m1/s1. The number of likely N-dealkylation sites (tertiary alicyclic amines) is 1. The smallest absolute Gasteiger partial charge is 0.225 e. The lowest BCUT2D eigenvalue weighted by atomic mass is 9.75. The highest BCUT2D eigenvalue weighted by Gasteiger charge is 2.54. The minimum absolute atomic E-state index is 0.0564. The van der Waals surface area contributed by atoms with Gasteiger partial charge in [0.2, 0.25) is 5.91 Å². The molecule has 4 nitrogen and oxygen atoms in total. The molecule has 4 saturated heterocycles. The molecule has 0 aromatic heterocycles. The van der Waals surface area contributed by atoms with Crippen LogP contribution in [0.3, 0.4) is 0 Å². The molecule has 4 fully saturated rings. The van der Waals surface area contributed by atoms with Crippen LogP contribution in [0.4, 0.5) is 4.39 Å². The largest absolute Gasteiger partial charge is 0.396 e. The van der Waals surface area contributed by atoms with Crippen LogP contribution in [0, 0.1) is 11.7 Å². The summed E-state index contributed by atoms with van der Waals surface area (Å²) in [7, 11) is 0. The summed E-state index contributed by atoms with van der Waals surface area (Å²) in [6, 6.07) is 7.35. The first-order chi connectivity index (χ1) is 11.2. The number of carbonyl (C=O) groups excluding carboxylic acids is 1. The van der Waals surface area contributed by atoms with Gasteiger partial charge in [-0.05, 0) is 49.5 Å². The van der Waals surface area contributed by atoms with Gasteiger partial charge in [0.25, 0.3) is 0 Å². The number of hydrogen-bond acceptors (Lipinski definition) is 3. The number of aliphatic hydroxyl groups excluding tert-OH is 1. The number of nitrogens with zero attached hydrogens (tertiary/aromatic N) is 2. The molecule has 0 saturated carbocycles. The average Bonchev–Trinajstić information content (AvgIpc) is 3.00. The third kappa shape index (κ3) is 2.46. The Hall–Kier alpha value is -1.46. The Morgan fingerprint density at radius 2 is 1.87 bits per heavy atom. The fourth-order valence-corrected chi connectivity index (χ4v) is 4.95. The Morgan fingerprint density at radius 3 is 2.52 bits per heavy atom. The van der Waals surface area contributed by atoms with Crippen LogP contribution in [-0.4, -0.2) is 59.1 Å². The monoisotopic (exact) mass is 318 g/mol. The van der Waals surface area contributed by atoms with E-state index in [1.54, 1.807) is 0 Å². The molecular formula is C18H23FN2O2. The predicted octanol–water partition coefficient (Wildman–Crippen LogP) is 1.60. The maximum Gasteiger partial charge on any atom is 0.225 e. The molecule has 3 atom stereocenters. The summed E-state index contributed by atoms with van der Waals surface area (Å²) in [6.45, 7) is 2.80. The molecule has 23 heavy (non-hydrogen) atoms. The topological polar surface area (TPSA) is 43.8 Å². The van der Waals surface area contributed by atoms with Crippen molar-refractivity contribution in [3.05, 3.63) is 35.6 Å². The minimum Gasteiger partial charge on any atom is -0.396 e. The summed E-state index contributed by atoms with van der Waals surface area (Å²) in [5, 5.41) is 9.14. The van der Waals surface area contributed by atoms with Gasteiger partial charge in [-0.1, -0.05) is 12.1 Å². The number of benzene rings is 1. The number of rotatable bonds is 3. The Morgan fingerprint density at radius 1 is 1.17 bits per heavy atom. The van der Waals surface area contributed by atoms with Crippen molar-refractivity contribution in [2.45, 2.75) is 37.3 Å². The quantitative estimate of drug-likeness (QED) is 0.920. The van der Waals surface area contributed by atoms with Crippen LogP contribution in [0.2, 0.25) is 0 Å². The van der Waals surface area contributed by atoms with Crippen molar-refractivity contribution in [1.29, 1.82) is 0 Å². The summed E-state index contributed by atoms with van der Waals surface area (Å²) in [5.41, 5.74) is 1.12. The Kier molecular flexibility index (Phi) is 3.85. The lowest BCUT2D eigenvalue weighted by molar-refractivity contribution is -0.136. The van der Waals surface area contributed by atoms with Crippen LogP contribution in [-0.2, 0) is 4.79 Å². The fraction of sp³-hybridized carbons (Fsp3) is 0.611. The van der Waals surface area contributed by atoms with E-state index in [1.807, 2.05) is 17.0 Å². The zero-order valence-corrected chi connectivity index (χ0v) is 13.2. The molecule has 1 amide bonds. The van der Waals surface area contributed by atoms with Gasteiger partial charge in [-0.2, -0.15) is 0 Å². The molecule has 4 heterocycles. The molecule has 4 aliphatic rings. The molecule has 0 unspecified atom stereocenters. The summed E-state index contributed by atoms with van der Waals surface area (Å²) < 4.78 is 13.3. The number of amides is 1. The van der Waals surface area contributed by atoms with Crippen molar-refractivity contribution in [1.82, 2.24) is 9.80 Å². The second kappa shape index (κ2) is 5.87. The van der Waals surface area contributed by atoms with Gasteiger partial charge in [-0.15, -0.1) is 0 Å². The number of piperidine rings is 3. The predicted molar refractivity (Wildman–Crippen MR) is 84.4 cm³/mol. The Bertz CT molecular complexity index is 583. The van der Waals surface area contributed by atoms with E-state index in [1.165, 1.54) is 12.1 Å². The molecule has 124 valence electrons. The van der Waals surface area contributed by atoms with Crippen molar-refractivity contribution in [3.63, 3.8) is 0 Å². The average molecular weight is 318 g/mol. The second-order valence-corrected chi connectivity index (χ2v) is 7.03. The molecule has 5 heteroatoms. The van der Waals surface area contributed by atoms with Gasteiger partial charge in [-0.25, -0.2) is 4.39 Å². The van der Waals surface area contributed by atoms with E-state index in [9.17, 15) is 9.18 Å². The van der Waals surface area contributed by atoms with Gasteiger partial charge in [-0.3, -0.25) is 9.69 Å². The molecule has 0 aliphatic carbocycles. The molecule has 5 rings (SSSR count). The lowest BCUT2D eigenvalue weighted by Crippen LogP contribution is -2.60. The number of hydrogen-bond donors (Lipinski definition) is 1. The van der Waals surface area contributed by atoms with Crippen LogP contribution in [0.1, 0.15) is 30.7 Å². The van der Waals surface area contributed by atoms with Crippen molar-refractivity contribution in [3.8, 4) is 0 Å². The first kappa shape index (κ1) is 15.1. The van der Waals surface area contributed by atoms with Crippen LogP contribution in [0.5, 0.6) is 0 Å². The summed E-state index contributed by atoms with van der Waals surface area (Å²) >= 11 is 0. The molecule has 1 N–H and O–H groups in total. The van der Waals surface area contributed by atoms with E-state index >= 15 is 0 Å². The van der Waals surface area contributed by atoms with Gasteiger partial charge >= 0.3 is 0 Å².